The van der Waals surface area contributed by atoms with E-state index in [4.69, 9.17) is 5.73 Å². The van der Waals surface area contributed by atoms with Gasteiger partial charge >= 0.3 is 0 Å². The molecule has 1 fully saturated rings. The van der Waals surface area contributed by atoms with E-state index >= 15 is 0 Å². The summed E-state index contributed by atoms with van der Waals surface area (Å²) in [6.07, 6.45) is 2.24. The molecule has 0 bridgehead atoms. The van der Waals surface area contributed by atoms with Crippen LogP contribution >= 0.6 is 0 Å². The van der Waals surface area contributed by atoms with Crippen LogP contribution in [0.1, 0.15) is 62.1 Å². The van der Waals surface area contributed by atoms with E-state index in [9.17, 15) is 9.90 Å². The largest absolute Gasteiger partial charge is 0.395 e. The number of aromatic amines is 1. The van der Waals surface area contributed by atoms with Crippen LogP contribution in [0.4, 0.5) is 5.69 Å². The lowest BCUT2D eigenvalue weighted by Gasteiger charge is -2.22. The van der Waals surface area contributed by atoms with Gasteiger partial charge in [-0.1, -0.05) is 20.8 Å². The second-order valence-corrected chi connectivity index (χ2v) is 6.80. The Balaban J connectivity index is 1.89. The van der Waals surface area contributed by atoms with Gasteiger partial charge in [-0.3, -0.25) is 9.89 Å². The van der Waals surface area contributed by atoms with Crippen LogP contribution in [0.3, 0.4) is 0 Å². The number of carbonyl (C=O) groups is 1. The number of nitrogens with two attached hydrogens (primary N) is 1. The third-order valence-corrected chi connectivity index (χ3v) is 3.38. The van der Waals surface area contributed by atoms with Crippen LogP contribution in [-0.2, 0) is 0 Å². The highest BCUT2D eigenvalue weighted by Gasteiger charge is 2.30. The topological polar surface area (TPSA) is 104 Å². The molecule has 1 heterocycles. The minimum atomic E-state index is -0.568. The second-order valence-electron chi connectivity index (χ2n) is 6.80. The maximum absolute atomic E-state index is 12.0. The Morgan fingerprint density at radius 2 is 2.20 bits per heavy atom. The van der Waals surface area contributed by atoms with Crippen molar-refractivity contribution >= 4 is 11.6 Å². The number of aliphatic hydroxyl groups excluding tert-OH is 1. The molecule has 2 rings (SSSR count). The normalized spacial score (nSPS) is 17.0. The Morgan fingerprint density at radius 3 is 2.75 bits per heavy atom. The summed E-state index contributed by atoms with van der Waals surface area (Å²) in [6, 6.07) is 0. The SMILES string of the molecule is CC(C)(C)CC(O)CNC(=O)c1n[nH]c(C2CC2)c1N. The average molecular weight is 280 g/mol. The van der Waals surface area contributed by atoms with Crippen molar-refractivity contribution in [3.63, 3.8) is 0 Å². The van der Waals surface area contributed by atoms with Crippen molar-refractivity contribution < 1.29 is 9.90 Å². The summed E-state index contributed by atoms with van der Waals surface area (Å²) in [5.41, 5.74) is 7.50. The third-order valence-electron chi connectivity index (χ3n) is 3.38. The highest BCUT2D eigenvalue weighted by molar-refractivity contribution is 5.97. The average Bonchev–Trinajstić information content (AvgIpc) is 3.08. The van der Waals surface area contributed by atoms with Crippen LogP contribution in [0, 0.1) is 5.41 Å². The number of amides is 1. The number of aliphatic hydroxyl groups is 1. The fourth-order valence-electron chi connectivity index (χ4n) is 2.29. The molecule has 1 aromatic heterocycles. The minimum Gasteiger partial charge on any atom is -0.395 e. The third kappa shape index (κ3) is 3.72. The van der Waals surface area contributed by atoms with Gasteiger partial charge in [0.05, 0.1) is 17.5 Å². The number of hydrogen-bond acceptors (Lipinski definition) is 4. The number of carbonyl (C=O) groups excluding carboxylic acids is 1. The van der Waals surface area contributed by atoms with Crippen LogP contribution in [0.5, 0.6) is 0 Å². The van der Waals surface area contributed by atoms with Gasteiger partial charge in [-0.15, -0.1) is 0 Å². The molecule has 1 unspecified atom stereocenters. The van der Waals surface area contributed by atoms with Crippen molar-refractivity contribution in [1.82, 2.24) is 15.5 Å². The number of H-pyrrole nitrogens is 1. The van der Waals surface area contributed by atoms with Crippen LogP contribution in [0.2, 0.25) is 0 Å². The Hall–Kier alpha value is -1.56. The van der Waals surface area contributed by atoms with E-state index in [1.807, 2.05) is 20.8 Å². The van der Waals surface area contributed by atoms with Gasteiger partial charge < -0.3 is 16.2 Å². The van der Waals surface area contributed by atoms with Crippen LogP contribution in [0.15, 0.2) is 0 Å². The van der Waals surface area contributed by atoms with E-state index < -0.39 is 6.10 Å². The molecule has 1 saturated carbocycles. The van der Waals surface area contributed by atoms with Gasteiger partial charge in [-0.05, 0) is 24.7 Å². The van der Waals surface area contributed by atoms with E-state index in [2.05, 4.69) is 15.5 Å². The first-order valence-corrected chi connectivity index (χ1v) is 7.08. The summed E-state index contributed by atoms with van der Waals surface area (Å²) in [7, 11) is 0. The summed E-state index contributed by atoms with van der Waals surface area (Å²) in [6.45, 7) is 6.35. The number of nitrogen functional groups attached to an aromatic ring is 1. The number of hydrogen-bond donors (Lipinski definition) is 4. The number of rotatable bonds is 5. The molecule has 0 radical (unpaired) electrons. The highest BCUT2D eigenvalue weighted by Crippen LogP contribution is 2.42. The molecule has 0 spiro atoms. The Morgan fingerprint density at radius 1 is 1.55 bits per heavy atom. The van der Waals surface area contributed by atoms with Crippen molar-refractivity contribution in [1.29, 1.82) is 0 Å². The van der Waals surface area contributed by atoms with Crippen LogP contribution < -0.4 is 11.1 Å². The molecule has 112 valence electrons. The van der Waals surface area contributed by atoms with E-state index in [0.717, 1.165) is 18.5 Å². The van der Waals surface area contributed by atoms with Crippen molar-refractivity contribution in [2.45, 2.75) is 52.1 Å². The molecule has 1 aliphatic carbocycles. The van der Waals surface area contributed by atoms with E-state index in [1.165, 1.54) is 0 Å². The quantitative estimate of drug-likeness (QED) is 0.654. The molecular formula is C14H24N4O2. The summed E-state index contributed by atoms with van der Waals surface area (Å²) in [4.78, 5) is 12.0. The maximum atomic E-state index is 12.0. The maximum Gasteiger partial charge on any atom is 0.274 e. The van der Waals surface area contributed by atoms with Gasteiger partial charge in [-0.2, -0.15) is 5.10 Å². The van der Waals surface area contributed by atoms with E-state index in [1.54, 1.807) is 0 Å². The summed E-state index contributed by atoms with van der Waals surface area (Å²) >= 11 is 0. The van der Waals surface area contributed by atoms with E-state index in [-0.39, 0.29) is 23.6 Å². The lowest BCUT2D eigenvalue weighted by Crippen LogP contribution is -2.34. The Bertz CT molecular complexity index is 486. The fourth-order valence-corrected chi connectivity index (χ4v) is 2.29. The highest BCUT2D eigenvalue weighted by atomic mass is 16.3. The summed E-state index contributed by atoms with van der Waals surface area (Å²) in [5, 5.41) is 19.4. The first-order valence-electron chi connectivity index (χ1n) is 7.08. The lowest BCUT2D eigenvalue weighted by atomic mass is 9.89. The molecule has 0 aromatic carbocycles. The lowest BCUT2D eigenvalue weighted by molar-refractivity contribution is 0.0865. The van der Waals surface area contributed by atoms with Crippen molar-refractivity contribution in [3.05, 3.63) is 11.4 Å². The molecule has 20 heavy (non-hydrogen) atoms. The number of nitrogens with zero attached hydrogens (tertiary/aromatic N) is 1. The molecule has 0 saturated heterocycles. The fraction of sp³-hybridized carbons (Fsp3) is 0.714. The zero-order valence-corrected chi connectivity index (χ0v) is 12.4. The molecule has 1 atom stereocenters. The molecule has 6 nitrogen and oxygen atoms in total. The van der Waals surface area contributed by atoms with Crippen molar-refractivity contribution in [2.75, 3.05) is 12.3 Å². The standard InChI is InChI=1S/C14H24N4O2/c1-14(2,3)6-9(19)7-16-13(20)12-10(15)11(17-18-12)8-4-5-8/h8-9,19H,4-7,15H2,1-3H3,(H,16,20)(H,17,18). The van der Waals surface area contributed by atoms with Gasteiger partial charge in [0.25, 0.3) is 5.91 Å². The van der Waals surface area contributed by atoms with Crippen LogP contribution in [0.25, 0.3) is 0 Å². The number of nitrogens with one attached hydrogen (secondary N) is 2. The Labute approximate surface area is 119 Å². The van der Waals surface area contributed by atoms with Crippen molar-refractivity contribution in [2.24, 2.45) is 5.41 Å². The molecular weight excluding hydrogens is 256 g/mol. The Kier molecular flexibility index (Phi) is 4.04. The van der Waals surface area contributed by atoms with Gasteiger partial charge in [0.15, 0.2) is 5.69 Å². The van der Waals surface area contributed by atoms with Crippen LogP contribution in [-0.4, -0.2) is 33.9 Å². The molecule has 1 aliphatic rings. The second kappa shape index (κ2) is 5.44. The molecule has 5 N–H and O–H groups in total. The van der Waals surface area contributed by atoms with Gasteiger partial charge in [0.1, 0.15) is 0 Å². The zero-order valence-electron chi connectivity index (χ0n) is 12.4. The monoisotopic (exact) mass is 280 g/mol. The van der Waals surface area contributed by atoms with Gasteiger partial charge in [0.2, 0.25) is 0 Å². The first-order chi connectivity index (χ1) is 9.28. The number of aromatic nitrogens is 2. The summed E-state index contributed by atoms with van der Waals surface area (Å²) < 4.78 is 0. The predicted octanol–water partition coefficient (Wildman–Crippen LogP) is 1.40. The van der Waals surface area contributed by atoms with Gasteiger partial charge in [0, 0.05) is 12.5 Å². The predicted molar refractivity (Wildman–Crippen MR) is 77.4 cm³/mol. The van der Waals surface area contributed by atoms with Gasteiger partial charge in [-0.25, -0.2) is 0 Å². The first kappa shape index (κ1) is 14.8. The molecule has 0 aliphatic heterocycles. The smallest absolute Gasteiger partial charge is 0.274 e. The summed E-state index contributed by atoms with van der Waals surface area (Å²) in [5.74, 6) is 0.0918. The molecule has 1 amide bonds. The zero-order chi connectivity index (χ0) is 14.9. The molecule has 6 heteroatoms. The molecule has 1 aromatic rings. The van der Waals surface area contributed by atoms with Crippen molar-refractivity contribution in [3.8, 4) is 0 Å². The number of anilines is 1. The minimum absolute atomic E-state index is 0.0225. The van der Waals surface area contributed by atoms with E-state index in [0.29, 0.717) is 18.0 Å².